The number of carbonyl (C=O) groups is 1. The number of benzene rings is 1. The van der Waals surface area contributed by atoms with Crippen molar-refractivity contribution in [1.82, 2.24) is 9.80 Å². The summed E-state index contributed by atoms with van der Waals surface area (Å²) in [6.45, 7) is 6.09. The number of piperidine rings is 1. The summed E-state index contributed by atoms with van der Waals surface area (Å²) >= 11 is 1.73. The van der Waals surface area contributed by atoms with Gasteiger partial charge in [-0.1, -0.05) is 6.07 Å². The van der Waals surface area contributed by atoms with E-state index in [0.29, 0.717) is 19.3 Å². The van der Waals surface area contributed by atoms with E-state index in [-0.39, 0.29) is 6.09 Å². The SMILES string of the molecule is CCOC(=O)N1CCC(N2CCOc3c(cc(-c4cccs4)cc3OC)C2)CC1. The molecule has 0 aliphatic carbocycles. The van der Waals surface area contributed by atoms with Crippen LogP contribution in [0.1, 0.15) is 25.3 Å². The summed E-state index contributed by atoms with van der Waals surface area (Å²) < 4.78 is 16.9. The standard InChI is InChI=1S/C22H28N2O4S/c1-3-27-22(25)23-8-6-18(7-9-23)24-10-11-28-21-17(15-24)13-16(14-19(21)26-2)20-5-4-12-29-20/h4-5,12-14,18H,3,6-11,15H2,1-2H3. The first-order chi connectivity index (χ1) is 14.2. The first-order valence-corrected chi connectivity index (χ1v) is 11.1. The van der Waals surface area contributed by atoms with Gasteiger partial charge in [-0.2, -0.15) is 0 Å². The topological polar surface area (TPSA) is 51.2 Å². The molecule has 2 aliphatic heterocycles. The molecule has 0 unspecified atom stereocenters. The predicted octanol–water partition coefficient (Wildman–Crippen LogP) is 4.24. The van der Waals surface area contributed by atoms with E-state index in [4.69, 9.17) is 14.2 Å². The minimum atomic E-state index is -0.194. The Morgan fingerprint density at radius 1 is 1.28 bits per heavy atom. The Morgan fingerprint density at radius 3 is 2.79 bits per heavy atom. The van der Waals surface area contributed by atoms with Crippen molar-refractivity contribution in [1.29, 1.82) is 0 Å². The van der Waals surface area contributed by atoms with E-state index < -0.39 is 0 Å². The van der Waals surface area contributed by atoms with Gasteiger partial charge < -0.3 is 19.1 Å². The number of hydrogen-bond donors (Lipinski definition) is 0. The van der Waals surface area contributed by atoms with Crippen molar-refractivity contribution < 1.29 is 19.0 Å². The summed E-state index contributed by atoms with van der Waals surface area (Å²) in [5.41, 5.74) is 2.33. The molecular weight excluding hydrogens is 388 g/mol. The quantitative estimate of drug-likeness (QED) is 0.746. The second-order valence-electron chi connectivity index (χ2n) is 7.38. The Labute approximate surface area is 176 Å². The molecule has 1 amide bonds. The van der Waals surface area contributed by atoms with E-state index in [1.807, 2.05) is 11.8 Å². The van der Waals surface area contributed by atoms with Crippen molar-refractivity contribution in [2.24, 2.45) is 0 Å². The largest absolute Gasteiger partial charge is 0.493 e. The minimum Gasteiger partial charge on any atom is -0.493 e. The van der Waals surface area contributed by atoms with E-state index >= 15 is 0 Å². The van der Waals surface area contributed by atoms with Crippen LogP contribution in [-0.4, -0.2) is 61.9 Å². The maximum absolute atomic E-state index is 12.0. The molecule has 0 saturated carbocycles. The van der Waals surface area contributed by atoms with Crippen molar-refractivity contribution in [3.05, 3.63) is 35.2 Å². The van der Waals surface area contributed by atoms with Crippen LogP contribution in [0.3, 0.4) is 0 Å². The van der Waals surface area contributed by atoms with Crippen LogP contribution in [0.15, 0.2) is 29.6 Å². The molecule has 0 spiro atoms. The lowest BCUT2D eigenvalue weighted by Crippen LogP contribution is -2.47. The van der Waals surface area contributed by atoms with Crippen molar-refractivity contribution in [3.8, 4) is 21.9 Å². The summed E-state index contributed by atoms with van der Waals surface area (Å²) in [4.78, 5) is 17.5. The van der Waals surface area contributed by atoms with Crippen LogP contribution in [0.25, 0.3) is 10.4 Å². The molecule has 0 atom stereocenters. The van der Waals surface area contributed by atoms with Crippen molar-refractivity contribution in [2.75, 3.05) is 40.0 Å². The highest BCUT2D eigenvalue weighted by atomic mass is 32.1. The lowest BCUT2D eigenvalue weighted by atomic mass is 10.0. The molecule has 0 N–H and O–H groups in total. The summed E-state index contributed by atoms with van der Waals surface area (Å²) in [5.74, 6) is 1.66. The van der Waals surface area contributed by atoms with Gasteiger partial charge in [0.1, 0.15) is 6.61 Å². The third-order valence-corrected chi connectivity index (χ3v) is 6.58. The summed E-state index contributed by atoms with van der Waals surface area (Å²) in [6, 6.07) is 8.94. The summed E-state index contributed by atoms with van der Waals surface area (Å²) in [6.07, 6.45) is 1.71. The lowest BCUT2D eigenvalue weighted by molar-refractivity contribution is 0.0704. The van der Waals surface area contributed by atoms with Crippen LogP contribution >= 0.6 is 11.3 Å². The highest BCUT2D eigenvalue weighted by molar-refractivity contribution is 7.13. The van der Waals surface area contributed by atoms with Crippen LogP contribution in [-0.2, 0) is 11.3 Å². The Balaban J connectivity index is 1.51. The number of ether oxygens (including phenoxy) is 3. The first kappa shape index (κ1) is 20.0. The second kappa shape index (κ2) is 9.05. The summed E-state index contributed by atoms with van der Waals surface area (Å²) in [5, 5.41) is 2.09. The highest BCUT2D eigenvalue weighted by Crippen LogP contribution is 2.40. The van der Waals surface area contributed by atoms with Gasteiger partial charge in [-0.15, -0.1) is 11.3 Å². The van der Waals surface area contributed by atoms with Gasteiger partial charge in [0.15, 0.2) is 11.5 Å². The number of methoxy groups -OCH3 is 1. The average molecular weight is 417 g/mol. The van der Waals surface area contributed by atoms with Gasteiger partial charge in [0, 0.05) is 42.7 Å². The third kappa shape index (κ3) is 4.36. The molecule has 2 aromatic rings. The fraction of sp³-hybridized carbons (Fsp3) is 0.500. The van der Waals surface area contributed by atoms with Crippen molar-refractivity contribution >= 4 is 17.4 Å². The van der Waals surface area contributed by atoms with E-state index in [1.54, 1.807) is 18.4 Å². The first-order valence-electron chi connectivity index (χ1n) is 10.2. The third-order valence-electron chi connectivity index (χ3n) is 5.66. The summed E-state index contributed by atoms with van der Waals surface area (Å²) in [7, 11) is 1.70. The Hall–Kier alpha value is -2.25. The number of nitrogens with zero attached hydrogens (tertiary/aromatic N) is 2. The van der Waals surface area contributed by atoms with Gasteiger partial charge in [0.25, 0.3) is 0 Å². The molecule has 0 radical (unpaired) electrons. The fourth-order valence-electron chi connectivity index (χ4n) is 4.18. The maximum Gasteiger partial charge on any atom is 0.409 e. The highest BCUT2D eigenvalue weighted by Gasteiger charge is 2.30. The minimum absolute atomic E-state index is 0.194. The normalized spacial score (nSPS) is 17.9. The number of amides is 1. The predicted molar refractivity (Wildman–Crippen MR) is 114 cm³/mol. The number of hydrogen-bond acceptors (Lipinski definition) is 6. The molecule has 2 aliphatic rings. The average Bonchev–Trinajstić information content (AvgIpc) is 3.20. The lowest BCUT2D eigenvalue weighted by Gasteiger charge is -2.37. The molecular formula is C22H28N2O4S. The molecule has 1 aromatic heterocycles. The number of fused-ring (bicyclic) bond motifs is 1. The van der Waals surface area contributed by atoms with Crippen molar-refractivity contribution in [3.63, 3.8) is 0 Å². The Bertz CT molecular complexity index is 832. The van der Waals surface area contributed by atoms with Crippen molar-refractivity contribution in [2.45, 2.75) is 32.4 Å². The fourth-order valence-corrected chi connectivity index (χ4v) is 4.90. The van der Waals surface area contributed by atoms with Gasteiger partial charge in [0.2, 0.25) is 0 Å². The molecule has 29 heavy (non-hydrogen) atoms. The molecule has 1 fully saturated rings. The molecule has 156 valence electrons. The molecule has 6 nitrogen and oxygen atoms in total. The number of likely N-dealkylation sites (tertiary alicyclic amines) is 1. The number of rotatable bonds is 4. The second-order valence-corrected chi connectivity index (χ2v) is 8.33. The number of carbonyl (C=O) groups excluding carboxylic acids is 1. The van der Waals surface area contributed by atoms with Crippen LogP contribution in [0.5, 0.6) is 11.5 Å². The van der Waals surface area contributed by atoms with Crippen LogP contribution < -0.4 is 9.47 Å². The van der Waals surface area contributed by atoms with Crippen LogP contribution in [0.2, 0.25) is 0 Å². The molecule has 3 heterocycles. The van der Waals surface area contributed by atoms with Crippen LogP contribution in [0.4, 0.5) is 4.79 Å². The zero-order valence-corrected chi connectivity index (χ0v) is 17.9. The zero-order chi connectivity index (χ0) is 20.2. The molecule has 0 bridgehead atoms. The Kier molecular flexibility index (Phi) is 6.25. The van der Waals surface area contributed by atoms with Crippen LogP contribution in [0, 0.1) is 0 Å². The van der Waals surface area contributed by atoms with E-state index in [1.165, 1.54) is 4.88 Å². The molecule has 7 heteroatoms. The van der Waals surface area contributed by atoms with E-state index in [2.05, 4.69) is 34.5 Å². The van der Waals surface area contributed by atoms with Gasteiger partial charge in [-0.25, -0.2) is 4.79 Å². The van der Waals surface area contributed by atoms with Gasteiger partial charge in [0.05, 0.1) is 13.7 Å². The van der Waals surface area contributed by atoms with Gasteiger partial charge >= 0.3 is 6.09 Å². The molecule has 4 rings (SSSR count). The zero-order valence-electron chi connectivity index (χ0n) is 17.1. The van der Waals surface area contributed by atoms with E-state index in [9.17, 15) is 4.79 Å². The number of thiophene rings is 1. The van der Waals surface area contributed by atoms with Gasteiger partial charge in [-0.3, -0.25) is 4.90 Å². The van der Waals surface area contributed by atoms with E-state index in [0.717, 1.165) is 61.6 Å². The van der Waals surface area contributed by atoms with Gasteiger partial charge in [-0.05, 0) is 48.9 Å². The smallest absolute Gasteiger partial charge is 0.409 e. The monoisotopic (exact) mass is 416 g/mol. The maximum atomic E-state index is 12.0. The molecule has 1 aromatic carbocycles. The molecule has 1 saturated heterocycles. The Morgan fingerprint density at radius 2 is 2.10 bits per heavy atom.